The SMILES string of the molecule is Clc1nc2ccc3ccccc3c2nc1-n1c2ccccc2c2c3c(c4c(oc5ccc6ccccc6c54)c21)C=CCC3. The van der Waals surface area contributed by atoms with Crippen molar-refractivity contribution in [3.05, 3.63) is 119 Å². The molecule has 1 aliphatic rings. The zero-order chi connectivity index (χ0) is 28.2. The third-order valence-electron chi connectivity index (χ3n) is 9.12. The standard InChI is InChI=1S/C38H22ClN3O/c39-37-38(41-34-24-12-4-2-10-22(24)17-19-28(34)40-37)42-29-16-8-7-15-27(29)31-25-13-5-6-14-26(25)33-32-23-11-3-1-9-21(23)18-20-30(32)43-36(33)35(31)42/h1-4,6-12,14-20H,5,13H2. The molecule has 0 aliphatic heterocycles. The van der Waals surface area contributed by atoms with Gasteiger partial charge in [-0.05, 0) is 58.3 Å². The Balaban J connectivity index is 1.47. The van der Waals surface area contributed by atoms with Gasteiger partial charge in [0.1, 0.15) is 5.58 Å². The van der Waals surface area contributed by atoms with Gasteiger partial charge in [-0.25, -0.2) is 9.97 Å². The normalized spacial score (nSPS) is 13.4. The maximum Gasteiger partial charge on any atom is 0.176 e. The Kier molecular flexibility index (Phi) is 4.59. The summed E-state index contributed by atoms with van der Waals surface area (Å²) in [5.74, 6) is 0.606. The third-order valence-corrected chi connectivity index (χ3v) is 9.38. The van der Waals surface area contributed by atoms with E-state index in [1.54, 1.807) is 0 Å². The molecular weight excluding hydrogens is 550 g/mol. The number of rotatable bonds is 1. The minimum atomic E-state index is 0.359. The second kappa shape index (κ2) is 8.43. The lowest BCUT2D eigenvalue weighted by molar-refractivity contribution is 0.671. The van der Waals surface area contributed by atoms with Crippen molar-refractivity contribution in [3.63, 3.8) is 0 Å². The van der Waals surface area contributed by atoms with Crippen LogP contribution in [-0.2, 0) is 6.42 Å². The first kappa shape index (κ1) is 23.4. The molecule has 0 radical (unpaired) electrons. The van der Waals surface area contributed by atoms with Gasteiger partial charge in [-0.3, -0.25) is 4.57 Å². The number of aryl methyl sites for hydroxylation is 1. The fraction of sp³-hybridized carbons (Fsp3) is 0.0526. The summed E-state index contributed by atoms with van der Waals surface area (Å²) in [5, 5.41) is 9.56. The molecule has 0 fully saturated rings. The average molecular weight is 572 g/mol. The van der Waals surface area contributed by atoms with Crippen molar-refractivity contribution >= 4 is 94.0 Å². The number of allylic oxidation sites excluding steroid dienone is 1. The summed E-state index contributed by atoms with van der Waals surface area (Å²) < 4.78 is 9.07. The summed E-state index contributed by atoms with van der Waals surface area (Å²) >= 11 is 7.06. The highest BCUT2D eigenvalue weighted by Gasteiger charge is 2.28. The van der Waals surface area contributed by atoms with Crippen LogP contribution in [0.3, 0.4) is 0 Å². The molecule has 5 heteroatoms. The number of hydrogen-bond acceptors (Lipinski definition) is 3. The van der Waals surface area contributed by atoms with E-state index in [-0.39, 0.29) is 0 Å². The quantitative estimate of drug-likeness (QED) is 0.184. The van der Waals surface area contributed by atoms with Gasteiger partial charge in [0.15, 0.2) is 16.6 Å². The minimum absolute atomic E-state index is 0.359. The molecule has 9 aromatic rings. The van der Waals surface area contributed by atoms with Crippen molar-refractivity contribution in [1.29, 1.82) is 0 Å². The number of para-hydroxylation sites is 1. The van der Waals surface area contributed by atoms with E-state index < -0.39 is 0 Å². The molecule has 0 spiro atoms. The van der Waals surface area contributed by atoms with Crippen molar-refractivity contribution < 1.29 is 4.42 Å². The molecule has 0 saturated heterocycles. The van der Waals surface area contributed by atoms with Crippen LogP contribution in [0, 0.1) is 0 Å². The topological polar surface area (TPSA) is 43.9 Å². The van der Waals surface area contributed by atoms with Crippen molar-refractivity contribution in [2.24, 2.45) is 0 Å². The maximum absolute atomic E-state index is 7.06. The van der Waals surface area contributed by atoms with E-state index in [2.05, 4.69) is 95.6 Å². The monoisotopic (exact) mass is 571 g/mol. The molecule has 202 valence electrons. The first-order valence-corrected chi connectivity index (χ1v) is 15.0. The van der Waals surface area contributed by atoms with E-state index in [9.17, 15) is 0 Å². The van der Waals surface area contributed by atoms with Gasteiger partial charge < -0.3 is 4.42 Å². The Morgan fingerprint density at radius 3 is 2.33 bits per heavy atom. The van der Waals surface area contributed by atoms with Crippen molar-refractivity contribution in [3.8, 4) is 5.82 Å². The second-order valence-electron chi connectivity index (χ2n) is 11.4. The summed E-state index contributed by atoms with van der Waals surface area (Å²) in [6.45, 7) is 0. The van der Waals surface area contributed by atoms with E-state index in [1.165, 1.54) is 27.3 Å². The Labute approximate surface area is 250 Å². The molecule has 3 heterocycles. The van der Waals surface area contributed by atoms with Gasteiger partial charge >= 0.3 is 0 Å². The summed E-state index contributed by atoms with van der Waals surface area (Å²) in [7, 11) is 0. The van der Waals surface area contributed by atoms with Crippen LogP contribution in [0.15, 0.2) is 108 Å². The highest BCUT2D eigenvalue weighted by atomic mass is 35.5. The zero-order valence-electron chi connectivity index (χ0n) is 22.9. The van der Waals surface area contributed by atoms with Gasteiger partial charge in [-0.1, -0.05) is 103 Å². The van der Waals surface area contributed by atoms with Gasteiger partial charge in [0.2, 0.25) is 0 Å². The molecule has 0 N–H and O–H groups in total. The lowest BCUT2D eigenvalue weighted by Gasteiger charge is -2.16. The summed E-state index contributed by atoms with van der Waals surface area (Å²) in [6, 6.07) is 33.7. The van der Waals surface area contributed by atoms with E-state index in [4.69, 9.17) is 26.0 Å². The fourth-order valence-electron chi connectivity index (χ4n) is 7.33. The van der Waals surface area contributed by atoms with E-state index in [0.717, 1.165) is 73.0 Å². The largest absolute Gasteiger partial charge is 0.454 e. The molecule has 1 aliphatic carbocycles. The lowest BCUT2D eigenvalue weighted by atomic mass is 9.88. The minimum Gasteiger partial charge on any atom is -0.454 e. The molecule has 3 aromatic heterocycles. The predicted molar refractivity (Wildman–Crippen MR) is 179 cm³/mol. The average Bonchev–Trinajstić information content (AvgIpc) is 3.62. The molecule has 0 atom stereocenters. The smallest absolute Gasteiger partial charge is 0.176 e. The van der Waals surface area contributed by atoms with E-state index >= 15 is 0 Å². The molecule has 0 saturated carbocycles. The lowest BCUT2D eigenvalue weighted by Crippen LogP contribution is -2.03. The van der Waals surface area contributed by atoms with Crippen LogP contribution < -0.4 is 0 Å². The Hall–Kier alpha value is -5.19. The predicted octanol–water partition coefficient (Wildman–Crippen LogP) is 10.5. The number of nitrogens with zero attached hydrogens (tertiary/aromatic N) is 3. The molecule has 6 aromatic carbocycles. The Morgan fingerprint density at radius 2 is 1.44 bits per heavy atom. The van der Waals surface area contributed by atoms with Gasteiger partial charge in [0.05, 0.1) is 22.1 Å². The number of benzene rings is 6. The Morgan fingerprint density at radius 1 is 0.698 bits per heavy atom. The van der Waals surface area contributed by atoms with Crippen molar-refractivity contribution in [1.82, 2.24) is 14.5 Å². The third kappa shape index (κ3) is 3.06. The van der Waals surface area contributed by atoms with Crippen LogP contribution in [0.5, 0.6) is 0 Å². The number of furan rings is 1. The van der Waals surface area contributed by atoms with Gasteiger partial charge in [-0.15, -0.1) is 0 Å². The van der Waals surface area contributed by atoms with Crippen molar-refractivity contribution in [2.75, 3.05) is 0 Å². The second-order valence-corrected chi connectivity index (χ2v) is 11.7. The van der Waals surface area contributed by atoms with Crippen LogP contribution in [0.4, 0.5) is 0 Å². The van der Waals surface area contributed by atoms with Crippen LogP contribution in [-0.4, -0.2) is 14.5 Å². The first-order chi connectivity index (χ1) is 21.3. The highest BCUT2D eigenvalue weighted by molar-refractivity contribution is 6.33. The van der Waals surface area contributed by atoms with E-state index in [1.807, 2.05) is 18.2 Å². The molecular formula is C38H22ClN3O. The summed E-state index contributed by atoms with van der Waals surface area (Å²) in [5.41, 5.74) is 7.93. The molecule has 0 amide bonds. The number of halogens is 1. The van der Waals surface area contributed by atoms with Crippen molar-refractivity contribution in [2.45, 2.75) is 12.8 Å². The molecule has 0 bridgehead atoms. The molecule has 10 rings (SSSR count). The number of aromatic nitrogens is 3. The fourth-order valence-corrected chi connectivity index (χ4v) is 7.55. The van der Waals surface area contributed by atoms with Gasteiger partial charge in [0, 0.05) is 26.9 Å². The molecule has 0 unspecified atom stereocenters. The van der Waals surface area contributed by atoms with Crippen LogP contribution >= 0.6 is 11.6 Å². The molecule has 4 nitrogen and oxygen atoms in total. The van der Waals surface area contributed by atoms with Crippen LogP contribution in [0.25, 0.3) is 88.2 Å². The maximum atomic E-state index is 7.06. The van der Waals surface area contributed by atoms with Gasteiger partial charge in [0.25, 0.3) is 0 Å². The van der Waals surface area contributed by atoms with Crippen LogP contribution in [0.2, 0.25) is 5.15 Å². The van der Waals surface area contributed by atoms with Crippen LogP contribution in [0.1, 0.15) is 17.5 Å². The molecule has 43 heavy (non-hydrogen) atoms. The number of fused-ring (bicyclic) bond motifs is 15. The Bertz CT molecular complexity index is 2700. The summed E-state index contributed by atoms with van der Waals surface area (Å²) in [6.07, 6.45) is 6.52. The zero-order valence-corrected chi connectivity index (χ0v) is 23.7. The summed E-state index contributed by atoms with van der Waals surface area (Å²) in [4.78, 5) is 10.2. The van der Waals surface area contributed by atoms with E-state index in [0.29, 0.717) is 11.0 Å². The number of hydrogen-bond donors (Lipinski definition) is 0. The highest BCUT2D eigenvalue weighted by Crippen LogP contribution is 2.48. The first-order valence-electron chi connectivity index (χ1n) is 14.6. The van der Waals surface area contributed by atoms with Gasteiger partial charge in [-0.2, -0.15) is 0 Å².